The molecule has 1 aromatic rings. The fraction of sp³-hybridized carbons (Fsp3) is 0.529. The molecule has 2 heteroatoms. The molecule has 0 N–H and O–H groups in total. The predicted octanol–water partition coefficient (Wildman–Crippen LogP) is 4.20. The van der Waals surface area contributed by atoms with E-state index < -0.39 is 0 Å². The number of aryl methyl sites for hydroxylation is 1. The lowest BCUT2D eigenvalue weighted by atomic mass is 10.1. The molecular formula is C17H24O2. The van der Waals surface area contributed by atoms with Gasteiger partial charge in [0, 0.05) is 6.42 Å². The minimum absolute atomic E-state index is 0.223. The molecule has 1 aromatic carbocycles. The molecule has 19 heavy (non-hydrogen) atoms. The van der Waals surface area contributed by atoms with Crippen molar-refractivity contribution in [3.8, 4) is 0 Å². The van der Waals surface area contributed by atoms with Gasteiger partial charge in [-0.1, -0.05) is 50.3 Å². The van der Waals surface area contributed by atoms with Gasteiger partial charge >= 0.3 is 0 Å². The summed E-state index contributed by atoms with van der Waals surface area (Å²) in [6.07, 6.45) is 7.39. The Labute approximate surface area is 116 Å². The van der Waals surface area contributed by atoms with Crippen LogP contribution < -0.4 is 0 Å². The summed E-state index contributed by atoms with van der Waals surface area (Å²) in [5, 5.41) is 0. The van der Waals surface area contributed by atoms with Gasteiger partial charge in [-0.05, 0) is 30.4 Å². The maximum Gasteiger partial charge on any atom is 0.192 e. The second-order valence-electron chi connectivity index (χ2n) is 5.20. The van der Waals surface area contributed by atoms with Gasteiger partial charge in [0.05, 0.1) is 6.61 Å². The van der Waals surface area contributed by atoms with Gasteiger partial charge in [-0.2, -0.15) is 0 Å². The zero-order chi connectivity index (χ0) is 13.6. The number of epoxide rings is 1. The Morgan fingerprint density at radius 2 is 2.26 bits per heavy atom. The quantitative estimate of drug-likeness (QED) is 0.490. The molecule has 0 aliphatic carbocycles. The Balaban J connectivity index is 1.67. The number of hydrogen-bond acceptors (Lipinski definition) is 2. The average molecular weight is 260 g/mol. The number of unbranched alkanes of at least 4 members (excludes halogenated alkanes) is 1. The highest BCUT2D eigenvalue weighted by molar-refractivity contribution is 5.47. The van der Waals surface area contributed by atoms with Crippen molar-refractivity contribution in [3.05, 3.63) is 42.0 Å². The SMILES string of the molecule is C=Cc1cccc(CCCOC2(CCCC)CO2)c1. The third-order valence-electron chi connectivity index (χ3n) is 3.54. The van der Waals surface area contributed by atoms with Gasteiger partial charge in [0.15, 0.2) is 5.79 Å². The molecule has 104 valence electrons. The molecule has 1 heterocycles. The van der Waals surface area contributed by atoms with Crippen LogP contribution in [0.1, 0.15) is 43.7 Å². The zero-order valence-corrected chi connectivity index (χ0v) is 11.9. The Kier molecular flexibility index (Phi) is 5.17. The van der Waals surface area contributed by atoms with Crippen LogP contribution in [0, 0.1) is 0 Å². The molecule has 1 fully saturated rings. The van der Waals surface area contributed by atoms with Crippen LogP contribution in [0.5, 0.6) is 0 Å². The lowest BCUT2D eigenvalue weighted by Gasteiger charge is -2.12. The van der Waals surface area contributed by atoms with Gasteiger partial charge < -0.3 is 9.47 Å². The normalized spacial score (nSPS) is 21.3. The van der Waals surface area contributed by atoms with Crippen molar-refractivity contribution in [3.63, 3.8) is 0 Å². The zero-order valence-electron chi connectivity index (χ0n) is 11.9. The van der Waals surface area contributed by atoms with E-state index in [-0.39, 0.29) is 5.79 Å². The van der Waals surface area contributed by atoms with Gasteiger partial charge in [0.1, 0.15) is 6.61 Å². The van der Waals surface area contributed by atoms with Crippen LogP contribution in [-0.4, -0.2) is 19.0 Å². The maximum absolute atomic E-state index is 5.88. The monoisotopic (exact) mass is 260 g/mol. The Bertz CT molecular complexity index is 407. The molecule has 0 bridgehead atoms. The lowest BCUT2D eigenvalue weighted by Crippen LogP contribution is -2.17. The number of ether oxygens (including phenoxy) is 2. The highest BCUT2D eigenvalue weighted by atomic mass is 16.8. The summed E-state index contributed by atoms with van der Waals surface area (Å²) in [6.45, 7) is 7.55. The Hall–Kier alpha value is -1.12. The highest BCUT2D eigenvalue weighted by Crippen LogP contribution is 2.34. The van der Waals surface area contributed by atoms with E-state index in [1.165, 1.54) is 24.0 Å². The number of rotatable bonds is 9. The molecule has 0 saturated carbocycles. The Morgan fingerprint density at radius 3 is 2.95 bits per heavy atom. The molecule has 1 atom stereocenters. The first-order chi connectivity index (χ1) is 9.28. The van der Waals surface area contributed by atoms with Crippen molar-refractivity contribution >= 4 is 6.08 Å². The summed E-state index contributed by atoms with van der Waals surface area (Å²) in [6, 6.07) is 8.51. The van der Waals surface area contributed by atoms with Gasteiger partial charge in [-0.25, -0.2) is 0 Å². The van der Waals surface area contributed by atoms with E-state index in [0.717, 1.165) is 32.5 Å². The van der Waals surface area contributed by atoms with Crippen molar-refractivity contribution in [2.75, 3.05) is 13.2 Å². The summed E-state index contributed by atoms with van der Waals surface area (Å²) in [7, 11) is 0. The van der Waals surface area contributed by atoms with E-state index in [2.05, 4.69) is 37.8 Å². The second kappa shape index (κ2) is 6.88. The van der Waals surface area contributed by atoms with Gasteiger partial charge in [-0.3, -0.25) is 0 Å². The molecule has 2 nitrogen and oxygen atoms in total. The van der Waals surface area contributed by atoms with Crippen molar-refractivity contribution < 1.29 is 9.47 Å². The highest BCUT2D eigenvalue weighted by Gasteiger charge is 2.45. The van der Waals surface area contributed by atoms with E-state index in [9.17, 15) is 0 Å². The standard InChI is InChI=1S/C17H24O2/c1-3-5-11-17(14-19-17)18-12-7-10-16-9-6-8-15(4-2)13-16/h4,6,8-9,13H,2-3,5,7,10-12,14H2,1H3. The minimum Gasteiger partial charge on any atom is -0.348 e. The Morgan fingerprint density at radius 1 is 1.42 bits per heavy atom. The number of benzene rings is 1. The maximum atomic E-state index is 5.88. The summed E-state index contributed by atoms with van der Waals surface area (Å²) >= 11 is 0. The minimum atomic E-state index is -0.223. The topological polar surface area (TPSA) is 21.8 Å². The number of hydrogen-bond donors (Lipinski definition) is 0. The molecule has 0 amide bonds. The second-order valence-corrected chi connectivity index (χ2v) is 5.20. The molecular weight excluding hydrogens is 236 g/mol. The van der Waals surface area contributed by atoms with Crippen molar-refractivity contribution in [1.82, 2.24) is 0 Å². The largest absolute Gasteiger partial charge is 0.348 e. The van der Waals surface area contributed by atoms with Crippen molar-refractivity contribution in [2.24, 2.45) is 0 Å². The lowest BCUT2D eigenvalue weighted by molar-refractivity contribution is -0.0505. The van der Waals surface area contributed by atoms with E-state index >= 15 is 0 Å². The van der Waals surface area contributed by atoms with E-state index in [4.69, 9.17) is 9.47 Å². The van der Waals surface area contributed by atoms with Crippen LogP contribution in [0.2, 0.25) is 0 Å². The van der Waals surface area contributed by atoms with Crippen LogP contribution in [-0.2, 0) is 15.9 Å². The van der Waals surface area contributed by atoms with Crippen molar-refractivity contribution in [1.29, 1.82) is 0 Å². The first-order valence-corrected chi connectivity index (χ1v) is 7.27. The molecule has 0 spiro atoms. The van der Waals surface area contributed by atoms with Crippen molar-refractivity contribution in [2.45, 2.75) is 44.8 Å². The molecule has 1 saturated heterocycles. The first-order valence-electron chi connectivity index (χ1n) is 7.27. The fourth-order valence-electron chi connectivity index (χ4n) is 2.24. The van der Waals surface area contributed by atoms with E-state index in [1.54, 1.807) is 0 Å². The molecule has 1 unspecified atom stereocenters. The third kappa shape index (κ3) is 4.48. The molecule has 0 aromatic heterocycles. The first kappa shape index (κ1) is 14.3. The van der Waals surface area contributed by atoms with Crippen LogP contribution in [0.15, 0.2) is 30.8 Å². The summed E-state index contributed by atoms with van der Waals surface area (Å²) in [4.78, 5) is 0. The van der Waals surface area contributed by atoms with Crippen LogP contribution >= 0.6 is 0 Å². The fourth-order valence-corrected chi connectivity index (χ4v) is 2.24. The van der Waals surface area contributed by atoms with Gasteiger partial charge in [0.2, 0.25) is 0 Å². The van der Waals surface area contributed by atoms with Crippen LogP contribution in [0.4, 0.5) is 0 Å². The summed E-state index contributed by atoms with van der Waals surface area (Å²) < 4.78 is 11.3. The average Bonchev–Trinajstić information content (AvgIpc) is 3.22. The molecule has 1 aliphatic rings. The molecule has 0 radical (unpaired) electrons. The predicted molar refractivity (Wildman–Crippen MR) is 79.0 cm³/mol. The summed E-state index contributed by atoms with van der Waals surface area (Å²) in [5.41, 5.74) is 2.53. The van der Waals surface area contributed by atoms with E-state index in [0.29, 0.717) is 0 Å². The van der Waals surface area contributed by atoms with Gasteiger partial charge in [-0.15, -0.1) is 0 Å². The molecule has 2 rings (SSSR count). The summed E-state index contributed by atoms with van der Waals surface area (Å²) in [5.74, 6) is -0.223. The van der Waals surface area contributed by atoms with Crippen LogP contribution in [0.25, 0.3) is 6.08 Å². The smallest absolute Gasteiger partial charge is 0.192 e. The molecule has 1 aliphatic heterocycles. The van der Waals surface area contributed by atoms with Crippen LogP contribution in [0.3, 0.4) is 0 Å². The van der Waals surface area contributed by atoms with Gasteiger partial charge in [0.25, 0.3) is 0 Å². The van der Waals surface area contributed by atoms with E-state index in [1.807, 2.05) is 6.08 Å². The third-order valence-corrected chi connectivity index (χ3v) is 3.54.